The highest BCUT2D eigenvalue weighted by atomic mass is 35.5. The molecule has 0 aliphatic carbocycles. The first-order valence-electron chi connectivity index (χ1n) is 7.46. The van der Waals surface area contributed by atoms with Crippen molar-refractivity contribution in [3.8, 4) is 0 Å². The molecule has 0 atom stereocenters. The van der Waals surface area contributed by atoms with Crippen LogP contribution < -0.4 is 10.6 Å². The van der Waals surface area contributed by atoms with E-state index in [2.05, 4.69) is 20.5 Å². The highest BCUT2D eigenvalue weighted by Gasteiger charge is 2.06. The predicted molar refractivity (Wildman–Crippen MR) is 94.5 cm³/mol. The smallest absolute Gasteiger partial charge is 0.269 e. The van der Waals surface area contributed by atoms with E-state index in [0.29, 0.717) is 17.3 Å². The fourth-order valence-electron chi connectivity index (χ4n) is 2.02. The lowest BCUT2D eigenvalue weighted by Gasteiger charge is -2.10. The molecule has 6 heteroatoms. The lowest BCUT2D eigenvalue weighted by molar-refractivity contribution is 0.0947. The van der Waals surface area contributed by atoms with Gasteiger partial charge in [0.1, 0.15) is 5.69 Å². The summed E-state index contributed by atoms with van der Waals surface area (Å²) >= 11 is 5.95. The molecule has 1 aromatic carbocycles. The third-order valence-electron chi connectivity index (χ3n) is 3.18. The Labute approximate surface area is 141 Å². The lowest BCUT2D eigenvalue weighted by atomic mass is 10.2. The van der Waals surface area contributed by atoms with Gasteiger partial charge in [0.2, 0.25) is 0 Å². The topological polar surface area (TPSA) is 57.3 Å². The molecule has 2 rings (SSSR count). The zero-order chi connectivity index (χ0) is 16.7. The number of carbonyl (C=O) groups is 1. The van der Waals surface area contributed by atoms with Crippen LogP contribution in [0.15, 0.2) is 42.6 Å². The van der Waals surface area contributed by atoms with Gasteiger partial charge in [-0.2, -0.15) is 0 Å². The number of nitrogens with zero attached hydrogens (tertiary/aromatic N) is 2. The first-order valence-corrected chi connectivity index (χ1v) is 7.84. The fraction of sp³-hybridized carbons (Fsp3) is 0.294. The quantitative estimate of drug-likeness (QED) is 0.765. The van der Waals surface area contributed by atoms with Gasteiger partial charge in [-0.25, -0.2) is 4.98 Å². The van der Waals surface area contributed by atoms with Crippen LogP contribution in [0.3, 0.4) is 0 Å². The molecule has 0 fully saturated rings. The van der Waals surface area contributed by atoms with Crippen molar-refractivity contribution >= 4 is 28.9 Å². The van der Waals surface area contributed by atoms with E-state index in [4.69, 9.17) is 11.6 Å². The van der Waals surface area contributed by atoms with Crippen molar-refractivity contribution in [1.82, 2.24) is 15.2 Å². The second-order valence-electron chi connectivity index (χ2n) is 5.48. The molecule has 122 valence electrons. The first-order chi connectivity index (χ1) is 11.0. The molecule has 0 bridgehead atoms. The number of halogens is 1. The largest absolute Gasteiger partial charge is 0.354 e. The highest BCUT2D eigenvalue weighted by molar-refractivity contribution is 6.30. The molecule has 0 spiro atoms. The van der Waals surface area contributed by atoms with E-state index in [-0.39, 0.29) is 5.91 Å². The Kier molecular flexibility index (Phi) is 6.38. The molecule has 0 saturated carbocycles. The minimum absolute atomic E-state index is 0.155. The third kappa shape index (κ3) is 5.88. The van der Waals surface area contributed by atoms with Gasteiger partial charge in [-0.15, -0.1) is 0 Å². The Hall–Kier alpha value is -2.11. The van der Waals surface area contributed by atoms with Gasteiger partial charge in [0, 0.05) is 17.3 Å². The standard InChI is InChI=1S/C17H21ClN4O/c1-22(2)10-4-9-19-17(23)16-8-7-15(12-20-16)21-14-6-3-5-13(18)11-14/h3,5-8,11-12,21H,4,9-10H2,1-2H3,(H,19,23). The maximum atomic E-state index is 12.0. The van der Waals surface area contributed by atoms with Crippen LogP contribution in [0.5, 0.6) is 0 Å². The van der Waals surface area contributed by atoms with E-state index in [9.17, 15) is 4.79 Å². The van der Waals surface area contributed by atoms with E-state index in [0.717, 1.165) is 24.3 Å². The summed E-state index contributed by atoms with van der Waals surface area (Å²) in [7, 11) is 4.02. The van der Waals surface area contributed by atoms with Crippen molar-refractivity contribution < 1.29 is 4.79 Å². The summed E-state index contributed by atoms with van der Waals surface area (Å²) in [4.78, 5) is 18.3. The summed E-state index contributed by atoms with van der Waals surface area (Å²) in [5.41, 5.74) is 2.09. The van der Waals surface area contributed by atoms with Crippen LogP contribution >= 0.6 is 11.6 Å². The second-order valence-corrected chi connectivity index (χ2v) is 5.92. The van der Waals surface area contributed by atoms with E-state index in [1.807, 2.05) is 44.4 Å². The third-order valence-corrected chi connectivity index (χ3v) is 3.41. The normalized spacial score (nSPS) is 10.6. The summed E-state index contributed by atoms with van der Waals surface area (Å²) in [6, 6.07) is 10.9. The molecule has 0 aliphatic heterocycles. The van der Waals surface area contributed by atoms with E-state index in [1.54, 1.807) is 12.3 Å². The average Bonchev–Trinajstić information content (AvgIpc) is 2.52. The van der Waals surface area contributed by atoms with Crippen LogP contribution in [0.1, 0.15) is 16.9 Å². The Bertz CT molecular complexity index is 643. The van der Waals surface area contributed by atoms with E-state index < -0.39 is 0 Å². The summed E-state index contributed by atoms with van der Waals surface area (Å²) in [5.74, 6) is -0.155. The molecular formula is C17H21ClN4O. The van der Waals surface area contributed by atoms with Gasteiger partial charge in [0.25, 0.3) is 5.91 Å². The van der Waals surface area contributed by atoms with Gasteiger partial charge in [-0.05, 0) is 57.4 Å². The van der Waals surface area contributed by atoms with E-state index >= 15 is 0 Å². The van der Waals surface area contributed by atoms with Gasteiger partial charge >= 0.3 is 0 Å². The van der Waals surface area contributed by atoms with Gasteiger partial charge in [0.05, 0.1) is 11.9 Å². The van der Waals surface area contributed by atoms with Crippen LogP contribution in [0.2, 0.25) is 5.02 Å². The summed E-state index contributed by atoms with van der Waals surface area (Å²) in [5, 5.41) is 6.72. The van der Waals surface area contributed by atoms with Crippen LogP contribution in [-0.4, -0.2) is 43.0 Å². The number of aromatic nitrogens is 1. The predicted octanol–water partition coefficient (Wildman–Crippen LogP) is 3.16. The molecule has 0 saturated heterocycles. The number of anilines is 2. The molecule has 0 aliphatic rings. The lowest BCUT2D eigenvalue weighted by Crippen LogP contribution is -2.27. The van der Waals surface area contributed by atoms with Crippen molar-refractivity contribution in [2.24, 2.45) is 0 Å². The maximum absolute atomic E-state index is 12.0. The summed E-state index contributed by atoms with van der Waals surface area (Å²) in [6.45, 7) is 1.58. The number of amides is 1. The Morgan fingerprint density at radius 1 is 1.22 bits per heavy atom. The highest BCUT2D eigenvalue weighted by Crippen LogP contribution is 2.19. The molecule has 5 nitrogen and oxygen atoms in total. The monoisotopic (exact) mass is 332 g/mol. The second kappa shape index (κ2) is 8.50. The molecule has 1 aromatic heterocycles. The van der Waals surface area contributed by atoms with Crippen LogP contribution in [0.4, 0.5) is 11.4 Å². The first kappa shape index (κ1) is 17.2. The van der Waals surface area contributed by atoms with Crippen molar-refractivity contribution in [1.29, 1.82) is 0 Å². The number of nitrogens with one attached hydrogen (secondary N) is 2. The maximum Gasteiger partial charge on any atom is 0.269 e. The van der Waals surface area contributed by atoms with E-state index in [1.165, 1.54) is 0 Å². The molecular weight excluding hydrogens is 312 g/mol. The number of pyridine rings is 1. The minimum Gasteiger partial charge on any atom is -0.354 e. The van der Waals surface area contributed by atoms with Crippen molar-refractivity contribution in [2.45, 2.75) is 6.42 Å². The Morgan fingerprint density at radius 2 is 2.04 bits per heavy atom. The fourth-order valence-corrected chi connectivity index (χ4v) is 2.21. The zero-order valence-electron chi connectivity index (χ0n) is 13.3. The Balaban J connectivity index is 1.87. The van der Waals surface area contributed by atoms with Crippen LogP contribution in [0, 0.1) is 0 Å². The number of hydrogen-bond donors (Lipinski definition) is 2. The number of hydrogen-bond acceptors (Lipinski definition) is 4. The molecule has 0 radical (unpaired) electrons. The summed E-state index contributed by atoms with van der Waals surface area (Å²) in [6.07, 6.45) is 2.54. The van der Waals surface area contributed by atoms with Gasteiger partial charge in [-0.3, -0.25) is 4.79 Å². The summed E-state index contributed by atoms with van der Waals surface area (Å²) < 4.78 is 0. The molecule has 1 heterocycles. The molecule has 2 aromatic rings. The zero-order valence-corrected chi connectivity index (χ0v) is 14.1. The molecule has 2 N–H and O–H groups in total. The number of benzene rings is 1. The van der Waals surface area contributed by atoms with Gasteiger partial charge in [0.15, 0.2) is 0 Å². The SMILES string of the molecule is CN(C)CCCNC(=O)c1ccc(Nc2cccc(Cl)c2)cn1. The van der Waals surface area contributed by atoms with Gasteiger partial charge in [-0.1, -0.05) is 17.7 Å². The number of carbonyl (C=O) groups excluding carboxylic acids is 1. The average molecular weight is 333 g/mol. The minimum atomic E-state index is -0.155. The van der Waals surface area contributed by atoms with Crippen LogP contribution in [0.25, 0.3) is 0 Å². The van der Waals surface area contributed by atoms with Crippen LogP contribution in [-0.2, 0) is 0 Å². The van der Waals surface area contributed by atoms with Crippen molar-refractivity contribution in [3.63, 3.8) is 0 Å². The van der Waals surface area contributed by atoms with Crippen molar-refractivity contribution in [3.05, 3.63) is 53.3 Å². The van der Waals surface area contributed by atoms with Gasteiger partial charge < -0.3 is 15.5 Å². The number of rotatable bonds is 7. The Morgan fingerprint density at radius 3 is 2.70 bits per heavy atom. The molecule has 1 amide bonds. The molecule has 23 heavy (non-hydrogen) atoms. The molecule has 0 unspecified atom stereocenters. The van der Waals surface area contributed by atoms with Crippen molar-refractivity contribution in [2.75, 3.05) is 32.5 Å².